The van der Waals surface area contributed by atoms with Gasteiger partial charge in [0.15, 0.2) is 5.82 Å². The second-order valence-corrected chi connectivity index (χ2v) is 10.8. The molecule has 6 rings (SSSR count). The molecule has 1 aliphatic heterocycles. The fraction of sp³-hybridized carbons (Fsp3) is 0.517. The lowest BCUT2D eigenvalue weighted by Crippen LogP contribution is -2.46. The first-order chi connectivity index (χ1) is 18.2. The molecule has 8 nitrogen and oxygen atoms in total. The first kappa shape index (κ1) is 23.9. The zero-order valence-electron chi connectivity index (χ0n) is 21.7. The minimum absolute atomic E-state index is 0.0265. The molecule has 194 valence electrons. The van der Waals surface area contributed by atoms with Crippen LogP contribution in [0.4, 0.5) is 17.6 Å². The van der Waals surface area contributed by atoms with Gasteiger partial charge >= 0.3 is 0 Å². The maximum atomic E-state index is 12.9. The third kappa shape index (κ3) is 4.93. The molecule has 2 atom stereocenters. The molecule has 0 radical (unpaired) electrons. The SMILES string of the molecule is CNC(=O)C1CCC(Cc2ccccc2)N1c1nc2c(c(Nc3cc(C4CCCCC4)[nH]n3)n1)CCC2. The van der Waals surface area contributed by atoms with Gasteiger partial charge in [0.05, 0.1) is 5.69 Å². The Balaban J connectivity index is 1.31. The largest absolute Gasteiger partial charge is 0.357 e. The number of hydrogen-bond donors (Lipinski definition) is 3. The van der Waals surface area contributed by atoms with E-state index in [0.717, 1.165) is 55.9 Å². The van der Waals surface area contributed by atoms with Gasteiger partial charge in [-0.15, -0.1) is 0 Å². The fourth-order valence-corrected chi connectivity index (χ4v) is 6.48. The Hall–Kier alpha value is -3.42. The lowest BCUT2D eigenvalue weighted by Gasteiger charge is -2.30. The summed E-state index contributed by atoms with van der Waals surface area (Å²) in [5.41, 5.74) is 4.76. The number of fused-ring (bicyclic) bond motifs is 1. The number of aromatic nitrogens is 4. The summed E-state index contributed by atoms with van der Waals surface area (Å²) in [7, 11) is 1.71. The molecular formula is C29H37N7O. The predicted octanol–water partition coefficient (Wildman–Crippen LogP) is 4.81. The number of anilines is 3. The summed E-state index contributed by atoms with van der Waals surface area (Å²) in [5.74, 6) is 2.89. The number of hydrogen-bond acceptors (Lipinski definition) is 6. The van der Waals surface area contributed by atoms with Crippen molar-refractivity contribution in [2.45, 2.75) is 88.6 Å². The highest BCUT2D eigenvalue weighted by Gasteiger charge is 2.40. The van der Waals surface area contributed by atoms with Crippen molar-refractivity contribution in [2.75, 3.05) is 17.3 Å². The highest BCUT2D eigenvalue weighted by atomic mass is 16.2. The number of likely N-dealkylation sites (N-methyl/N-ethyl adjacent to an activating group) is 1. The van der Waals surface area contributed by atoms with Crippen molar-refractivity contribution in [1.29, 1.82) is 0 Å². The minimum atomic E-state index is -0.269. The standard InChI is InChI=1S/C29H37N7O/c1-30-28(37)25-16-15-21(17-19-9-4-2-5-10-19)36(25)29-31-23-14-8-13-22(23)27(33-29)32-26-18-24(34-35-26)20-11-6-3-7-12-20/h2,4-5,9-10,18,20-21,25H,3,6-8,11-17H2,1H3,(H,30,37)(H2,31,32,33,34,35). The van der Waals surface area contributed by atoms with Crippen LogP contribution in [-0.4, -0.2) is 45.2 Å². The summed E-state index contributed by atoms with van der Waals surface area (Å²) < 4.78 is 0. The normalized spacial score (nSPS) is 21.7. The average molecular weight is 500 g/mol. The zero-order chi connectivity index (χ0) is 25.2. The minimum Gasteiger partial charge on any atom is -0.357 e. The maximum Gasteiger partial charge on any atom is 0.242 e. The number of aryl methyl sites for hydroxylation is 1. The van der Waals surface area contributed by atoms with Crippen molar-refractivity contribution >= 4 is 23.5 Å². The molecule has 2 unspecified atom stereocenters. The number of carbonyl (C=O) groups is 1. The van der Waals surface area contributed by atoms with Crippen molar-refractivity contribution in [1.82, 2.24) is 25.5 Å². The van der Waals surface area contributed by atoms with Crippen molar-refractivity contribution in [3.05, 3.63) is 58.9 Å². The van der Waals surface area contributed by atoms with E-state index in [1.807, 2.05) is 6.07 Å². The molecule has 1 saturated heterocycles. The van der Waals surface area contributed by atoms with Gasteiger partial charge in [-0.3, -0.25) is 9.89 Å². The van der Waals surface area contributed by atoms with Gasteiger partial charge in [-0.1, -0.05) is 49.6 Å². The lowest BCUT2D eigenvalue weighted by molar-refractivity contribution is -0.121. The number of benzene rings is 1. The Bertz CT molecular complexity index is 1230. The van der Waals surface area contributed by atoms with E-state index >= 15 is 0 Å². The number of amides is 1. The molecule has 3 N–H and O–H groups in total. The monoisotopic (exact) mass is 499 g/mol. The quantitative estimate of drug-likeness (QED) is 0.432. The third-order valence-corrected chi connectivity index (χ3v) is 8.41. The molecule has 1 amide bonds. The molecule has 8 heteroatoms. The molecule has 1 saturated carbocycles. The first-order valence-corrected chi connectivity index (χ1v) is 14.0. The number of nitrogens with zero attached hydrogens (tertiary/aromatic N) is 4. The topological polar surface area (TPSA) is 98.8 Å². The lowest BCUT2D eigenvalue weighted by atomic mass is 9.87. The average Bonchev–Trinajstić information content (AvgIpc) is 3.69. The third-order valence-electron chi connectivity index (χ3n) is 8.41. The van der Waals surface area contributed by atoms with E-state index in [4.69, 9.17) is 9.97 Å². The van der Waals surface area contributed by atoms with Crippen LogP contribution in [-0.2, 0) is 24.1 Å². The molecule has 0 spiro atoms. The van der Waals surface area contributed by atoms with Crippen LogP contribution in [0.3, 0.4) is 0 Å². The van der Waals surface area contributed by atoms with Gasteiger partial charge in [0, 0.05) is 36.3 Å². The second kappa shape index (κ2) is 10.5. The van der Waals surface area contributed by atoms with Gasteiger partial charge in [0.1, 0.15) is 11.9 Å². The fourth-order valence-electron chi connectivity index (χ4n) is 6.48. The molecule has 2 fully saturated rings. The summed E-state index contributed by atoms with van der Waals surface area (Å²) >= 11 is 0. The van der Waals surface area contributed by atoms with Gasteiger partial charge in [-0.2, -0.15) is 10.1 Å². The van der Waals surface area contributed by atoms with Crippen molar-refractivity contribution < 1.29 is 4.79 Å². The van der Waals surface area contributed by atoms with Crippen molar-refractivity contribution in [3.8, 4) is 0 Å². The summed E-state index contributed by atoms with van der Waals surface area (Å²) in [6.07, 6.45) is 11.9. The number of carbonyl (C=O) groups excluding carboxylic acids is 1. The molecule has 2 aliphatic carbocycles. The highest BCUT2D eigenvalue weighted by Crippen LogP contribution is 2.36. The summed E-state index contributed by atoms with van der Waals surface area (Å²) in [5, 5.41) is 14.3. The molecular weight excluding hydrogens is 462 g/mol. The molecule has 3 heterocycles. The van der Waals surface area contributed by atoms with Gasteiger partial charge in [-0.05, 0) is 56.9 Å². The van der Waals surface area contributed by atoms with E-state index in [1.165, 1.54) is 48.9 Å². The zero-order valence-corrected chi connectivity index (χ0v) is 21.7. The smallest absolute Gasteiger partial charge is 0.242 e. The Morgan fingerprint density at radius 1 is 1.03 bits per heavy atom. The number of rotatable bonds is 7. The number of aromatic amines is 1. The van der Waals surface area contributed by atoms with Gasteiger partial charge < -0.3 is 15.5 Å². The van der Waals surface area contributed by atoms with Crippen molar-refractivity contribution in [2.24, 2.45) is 0 Å². The predicted molar refractivity (Wildman–Crippen MR) is 145 cm³/mol. The van der Waals surface area contributed by atoms with Crippen LogP contribution in [0, 0.1) is 0 Å². The van der Waals surface area contributed by atoms with E-state index < -0.39 is 0 Å². The molecule has 3 aromatic rings. The number of H-pyrrole nitrogens is 1. The van der Waals surface area contributed by atoms with Crippen LogP contribution >= 0.6 is 0 Å². The summed E-state index contributed by atoms with van der Waals surface area (Å²) in [4.78, 5) is 25.2. The Morgan fingerprint density at radius 2 is 1.86 bits per heavy atom. The molecule has 1 aromatic carbocycles. The highest BCUT2D eigenvalue weighted by molar-refractivity contribution is 5.85. The van der Waals surface area contributed by atoms with Crippen molar-refractivity contribution in [3.63, 3.8) is 0 Å². The molecule has 2 aromatic heterocycles. The maximum absolute atomic E-state index is 12.9. The van der Waals surface area contributed by atoms with Crippen LogP contribution in [0.1, 0.15) is 79.8 Å². The van der Waals surface area contributed by atoms with Gasteiger partial charge in [-0.25, -0.2) is 4.98 Å². The Morgan fingerprint density at radius 3 is 2.68 bits per heavy atom. The molecule has 3 aliphatic rings. The Labute approximate surface area is 218 Å². The van der Waals surface area contributed by atoms with E-state index in [1.54, 1.807) is 7.05 Å². The van der Waals surface area contributed by atoms with Gasteiger partial charge in [0.2, 0.25) is 11.9 Å². The van der Waals surface area contributed by atoms with E-state index in [2.05, 4.69) is 56.1 Å². The Kier molecular flexibility index (Phi) is 6.81. The van der Waals surface area contributed by atoms with E-state index in [0.29, 0.717) is 11.9 Å². The van der Waals surface area contributed by atoms with Gasteiger partial charge in [0.25, 0.3) is 0 Å². The van der Waals surface area contributed by atoms with Crippen LogP contribution in [0.5, 0.6) is 0 Å². The van der Waals surface area contributed by atoms with Crippen LogP contribution in [0.15, 0.2) is 36.4 Å². The van der Waals surface area contributed by atoms with E-state index in [-0.39, 0.29) is 18.0 Å². The van der Waals surface area contributed by atoms with Crippen LogP contribution < -0.4 is 15.5 Å². The van der Waals surface area contributed by atoms with Crippen LogP contribution in [0.2, 0.25) is 0 Å². The second-order valence-electron chi connectivity index (χ2n) is 10.8. The molecule has 0 bridgehead atoms. The summed E-state index contributed by atoms with van der Waals surface area (Å²) in [6.45, 7) is 0. The van der Waals surface area contributed by atoms with Crippen LogP contribution in [0.25, 0.3) is 0 Å². The van der Waals surface area contributed by atoms with E-state index in [9.17, 15) is 4.79 Å². The molecule has 37 heavy (non-hydrogen) atoms. The summed E-state index contributed by atoms with van der Waals surface area (Å²) in [6, 6.07) is 12.6. The first-order valence-electron chi connectivity index (χ1n) is 14.0. The number of nitrogens with one attached hydrogen (secondary N) is 3.